The Morgan fingerprint density at radius 3 is 1.64 bits per heavy atom. The fourth-order valence-electron chi connectivity index (χ4n) is 7.47. The average molecular weight is 1040 g/mol. The van der Waals surface area contributed by atoms with Crippen LogP contribution in [0.5, 0.6) is 0 Å². The van der Waals surface area contributed by atoms with Crippen LogP contribution in [0.15, 0.2) is 54.6 Å². The molecule has 0 saturated carbocycles. The molecule has 0 unspecified atom stereocenters. The molecule has 2 aromatic rings. The first kappa shape index (κ1) is 65.1. The fraction of sp³-hybridized carbons (Fsp3) is 0.667. The minimum absolute atomic E-state index is 0.0756. The highest BCUT2D eigenvalue weighted by atomic mass is 16.6. The zero-order valence-electron chi connectivity index (χ0n) is 45.5. The number of aliphatic hydroxyl groups is 1. The van der Waals surface area contributed by atoms with Crippen LogP contribution in [-0.2, 0) is 59.5 Å². The van der Waals surface area contributed by atoms with E-state index >= 15 is 0 Å². The van der Waals surface area contributed by atoms with E-state index in [1.807, 2.05) is 56.3 Å². The number of carbonyl (C=O) groups is 6. The minimum Gasteiger partial charge on any atom is -0.394 e. The van der Waals surface area contributed by atoms with Crippen LogP contribution in [0.1, 0.15) is 103 Å². The molecule has 0 fully saturated rings. The lowest BCUT2D eigenvalue weighted by atomic mass is 9.86. The molecule has 2 rings (SSSR count). The maximum Gasteiger partial charge on any atom is 0.251 e. The summed E-state index contributed by atoms with van der Waals surface area (Å²) in [5.41, 5.74) is 7.47. The standard InChI is InChI=1S/C54H90N8O12/c1-9-62(10-2)25-15-14-18-44(51(67)61-47(38-63)50(66)56-24-27-71-29-31-73-33-35-74-34-32-72-30-28-70-26-23-55)58-53(69)45(36-39(3)4)59-48(64)40(5)57-52(68)46(37-41-16-12-11-13-17-41)60-49(65)42-19-21-43(22-20-42)54(6,7)8/h11-13,16-17,19-22,39-40,44-47,63H,9-10,14-15,18,23-38,55H2,1-8H3,(H,56,66)(H,57,68)(H,58,69)(H,59,64)(H,60,65)(H,61,67)/t40-,44-,45-,46-,47-/m0/s1. The van der Waals surface area contributed by atoms with E-state index in [-0.39, 0.29) is 50.4 Å². The molecular weight excluding hydrogens is 953 g/mol. The van der Waals surface area contributed by atoms with E-state index in [0.29, 0.717) is 71.4 Å². The molecule has 0 spiro atoms. The SMILES string of the molecule is CCN(CC)CCCC[C@H](NC(=O)[C@H](CC(C)C)NC(=O)[C@H](C)NC(=O)[C@H](Cc1ccccc1)NC(=O)c1ccc(C(C)(C)C)cc1)C(=O)N[C@@H](CO)C(=O)NCCOCCOCCOCCOCCOCCN. The van der Waals surface area contributed by atoms with Crippen molar-refractivity contribution in [3.05, 3.63) is 71.3 Å². The number of benzene rings is 2. The van der Waals surface area contributed by atoms with Crippen LogP contribution in [0.25, 0.3) is 0 Å². The Morgan fingerprint density at radius 1 is 0.595 bits per heavy atom. The van der Waals surface area contributed by atoms with E-state index in [9.17, 15) is 33.9 Å². The zero-order chi connectivity index (χ0) is 54.7. The number of rotatable bonds is 40. The van der Waals surface area contributed by atoms with Gasteiger partial charge in [0.1, 0.15) is 30.2 Å². The quantitative estimate of drug-likeness (QED) is 0.0444. The summed E-state index contributed by atoms with van der Waals surface area (Å²) < 4.78 is 27.1. The van der Waals surface area contributed by atoms with Gasteiger partial charge in [-0.2, -0.15) is 0 Å². The van der Waals surface area contributed by atoms with Gasteiger partial charge in [0.25, 0.3) is 5.91 Å². The number of nitrogens with one attached hydrogen (secondary N) is 6. The maximum atomic E-state index is 14.1. The molecule has 0 saturated heterocycles. The van der Waals surface area contributed by atoms with Gasteiger partial charge in [-0.15, -0.1) is 0 Å². The van der Waals surface area contributed by atoms with Crippen molar-refractivity contribution in [2.45, 2.75) is 123 Å². The molecule has 418 valence electrons. The van der Waals surface area contributed by atoms with Crippen molar-refractivity contribution in [1.29, 1.82) is 0 Å². The molecule has 0 bridgehead atoms. The molecule has 74 heavy (non-hydrogen) atoms. The summed E-state index contributed by atoms with van der Waals surface area (Å²) in [6.07, 6.45) is 1.84. The monoisotopic (exact) mass is 1040 g/mol. The molecule has 0 aliphatic carbocycles. The lowest BCUT2D eigenvalue weighted by Crippen LogP contribution is -2.59. The summed E-state index contributed by atoms with van der Waals surface area (Å²) in [5, 5.41) is 26.6. The number of nitrogens with zero attached hydrogens (tertiary/aromatic N) is 1. The van der Waals surface area contributed by atoms with E-state index in [0.717, 1.165) is 37.2 Å². The highest BCUT2D eigenvalue weighted by Gasteiger charge is 2.32. The molecule has 0 aliphatic heterocycles. The number of nitrogens with two attached hydrogens (primary N) is 1. The fourth-order valence-corrected chi connectivity index (χ4v) is 7.47. The first-order valence-electron chi connectivity index (χ1n) is 26.3. The normalized spacial score (nSPS) is 13.6. The van der Waals surface area contributed by atoms with E-state index in [2.05, 4.69) is 71.4 Å². The van der Waals surface area contributed by atoms with Gasteiger partial charge < -0.3 is 71.3 Å². The highest BCUT2D eigenvalue weighted by molar-refractivity contribution is 5.99. The molecule has 0 aliphatic rings. The molecule has 20 nitrogen and oxygen atoms in total. The minimum atomic E-state index is -1.32. The molecule has 0 radical (unpaired) electrons. The number of amides is 6. The Bertz CT molecular complexity index is 1900. The molecule has 2 aromatic carbocycles. The molecule has 0 aromatic heterocycles. The number of carbonyl (C=O) groups excluding carboxylic acids is 6. The first-order valence-corrected chi connectivity index (χ1v) is 26.3. The van der Waals surface area contributed by atoms with Crippen LogP contribution < -0.4 is 37.6 Å². The Morgan fingerprint density at radius 2 is 1.11 bits per heavy atom. The summed E-state index contributed by atoms with van der Waals surface area (Å²) in [5.74, 6) is -3.73. The predicted octanol–water partition coefficient (Wildman–Crippen LogP) is 1.99. The summed E-state index contributed by atoms with van der Waals surface area (Å²) in [6, 6.07) is 10.7. The second-order valence-corrected chi connectivity index (χ2v) is 19.4. The second kappa shape index (κ2) is 37.6. The highest BCUT2D eigenvalue weighted by Crippen LogP contribution is 2.22. The molecule has 20 heteroatoms. The Balaban J connectivity index is 2.04. The van der Waals surface area contributed by atoms with Gasteiger partial charge in [0.05, 0.1) is 72.7 Å². The molecule has 5 atom stereocenters. The van der Waals surface area contributed by atoms with E-state index < -0.39 is 72.3 Å². The maximum absolute atomic E-state index is 14.1. The van der Waals surface area contributed by atoms with Crippen LogP contribution in [-0.4, -0.2) is 181 Å². The number of hydrogen-bond donors (Lipinski definition) is 8. The van der Waals surface area contributed by atoms with Crippen molar-refractivity contribution in [3.8, 4) is 0 Å². The second-order valence-electron chi connectivity index (χ2n) is 19.4. The van der Waals surface area contributed by atoms with Gasteiger partial charge in [0.15, 0.2) is 0 Å². The zero-order valence-corrected chi connectivity index (χ0v) is 45.5. The van der Waals surface area contributed by atoms with Crippen LogP contribution in [0.3, 0.4) is 0 Å². The Labute approximate surface area is 440 Å². The first-order chi connectivity index (χ1) is 35.4. The predicted molar refractivity (Wildman–Crippen MR) is 284 cm³/mol. The molecule has 9 N–H and O–H groups in total. The van der Waals surface area contributed by atoms with Gasteiger partial charge in [-0.3, -0.25) is 28.8 Å². The van der Waals surface area contributed by atoms with Gasteiger partial charge in [-0.05, 0) is 86.8 Å². The number of unbranched alkanes of at least 4 members (excludes halogenated alkanes) is 1. The van der Waals surface area contributed by atoms with Crippen LogP contribution in [0.4, 0.5) is 0 Å². The molecule has 0 heterocycles. The van der Waals surface area contributed by atoms with E-state index in [4.69, 9.17) is 29.4 Å². The lowest BCUT2D eigenvalue weighted by molar-refractivity contribution is -0.135. The number of hydrogen-bond acceptors (Lipinski definition) is 14. The van der Waals surface area contributed by atoms with Crippen molar-refractivity contribution in [2.75, 3.05) is 105 Å². The summed E-state index contributed by atoms with van der Waals surface area (Å²) in [7, 11) is 0. The van der Waals surface area contributed by atoms with Crippen LogP contribution >= 0.6 is 0 Å². The summed E-state index contributed by atoms with van der Waals surface area (Å²) in [6.45, 7) is 21.8. The Hall–Kier alpha value is -5.06. The average Bonchev–Trinajstić information content (AvgIpc) is 3.37. The van der Waals surface area contributed by atoms with E-state index in [1.54, 1.807) is 12.1 Å². The molecular formula is C54H90N8O12. The van der Waals surface area contributed by atoms with Gasteiger partial charge in [0, 0.05) is 25.1 Å². The number of aliphatic hydroxyl groups excluding tert-OH is 1. The van der Waals surface area contributed by atoms with E-state index in [1.165, 1.54) is 6.92 Å². The Kier molecular flexibility index (Phi) is 33.1. The smallest absolute Gasteiger partial charge is 0.251 e. The van der Waals surface area contributed by atoms with Gasteiger partial charge >= 0.3 is 0 Å². The van der Waals surface area contributed by atoms with Crippen molar-refractivity contribution >= 4 is 35.4 Å². The largest absolute Gasteiger partial charge is 0.394 e. The number of ether oxygens (including phenoxy) is 5. The van der Waals surface area contributed by atoms with Crippen molar-refractivity contribution in [1.82, 2.24) is 36.8 Å². The van der Waals surface area contributed by atoms with Crippen LogP contribution in [0.2, 0.25) is 0 Å². The van der Waals surface area contributed by atoms with Gasteiger partial charge in [-0.1, -0.05) is 90.9 Å². The van der Waals surface area contributed by atoms with Crippen molar-refractivity contribution < 1.29 is 57.6 Å². The molecule has 6 amide bonds. The van der Waals surface area contributed by atoms with Crippen molar-refractivity contribution in [2.24, 2.45) is 11.7 Å². The van der Waals surface area contributed by atoms with Gasteiger partial charge in [0.2, 0.25) is 29.5 Å². The third-order valence-electron chi connectivity index (χ3n) is 11.9. The lowest BCUT2D eigenvalue weighted by Gasteiger charge is -2.27. The van der Waals surface area contributed by atoms with Crippen LogP contribution in [0, 0.1) is 5.92 Å². The third-order valence-corrected chi connectivity index (χ3v) is 11.9. The van der Waals surface area contributed by atoms with Crippen molar-refractivity contribution in [3.63, 3.8) is 0 Å². The third kappa shape index (κ3) is 27.5. The topological polar surface area (TPSA) is 270 Å². The summed E-state index contributed by atoms with van der Waals surface area (Å²) in [4.78, 5) is 84.5. The van der Waals surface area contributed by atoms with Gasteiger partial charge in [-0.25, -0.2) is 0 Å². The summed E-state index contributed by atoms with van der Waals surface area (Å²) >= 11 is 0.